The number of nitrogens with one attached hydrogen (secondary N) is 1. The first-order chi connectivity index (χ1) is 16.4. The van der Waals surface area contributed by atoms with Gasteiger partial charge in [0.1, 0.15) is 6.04 Å². The van der Waals surface area contributed by atoms with Gasteiger partial charge in [-0.1, -0.05) is 61.4 Å². The van der Waals surface area contributed by atoms with E-state index in [1.54, 1.807) is 24.0 Å². The van der Waals surface area contributed by atoms with Crippen LogP contribution < -0.4 is 9.62 Å². The predicted octanol–water partition coefficient (Wildman–Crippen LogP) is 4.04. The molecule has 2 aromatic rings. The number of amides is 2. The Labute approximate surface area is 210 Å². The van der Waals surface area contributed by atoms with Gasteiger partial charge in [-0.3, -0.25) is 13.9 Å². The maximum atomic E-state index is 13.3. The molecule has 0 aliphatic carbocycles. The molecule has 0 bridgehead atoms. The van der Waals surface area contributed by atoms with Crippen LogP contribution in [0.4, 0.5) is 5.69 Å². The molecule has 0 saturated heterocycles. The highest BCUT2D eigenvalue weighted by molar-refractivity contribution is 7.92. The van der Waals surface area contributed by atoms with Gasteiger partial charge in [0.05, 0.1) is 11.9 Å². The minimum absolute atomic E-state index is 0.130. The van der Waals surface area contributed by atoms with Gasteiger partial charge in [0.25, 0.3) is 0 Å². The Morgan fingerprint density at radius 3 is 2.20 bits per heavy atom. The van der Waals surface area contributed by atoms with Gasteiger partial charge in [-0.15, -0.1) is 0 Å². The van der Waals surface area contributed by atoms with Gasteiger partial charge in [-0.25, -0.2) is 8.42 Å². The number of nitrogens with zero attached hydrogens (tertiary/aromatic N) is 2. The zero-order valence-electron chi connectivity index (χ0n) is 21.7. The van der Waals surface area contributed by atoms with Crippen LogP contribution in [0.25, 0.3) is 0 Å². The van der Waals surface area contributed by atoms with Gasteiger partial charge in [0, 0.05) is 26.1 Å². The quantitative estimate of drug-likeness (QED) is 0.476. The number of benzene rings is 2. The molecule has 0 heterocycles. The van der Waals surface area contributed by atoms with Gasteiger partial charge < -0.3 is 10.2 Å². The Morgan fingerprint density at radius 1 is 0.971 bits per heavy atom. The molecule has 0 aliphatic rings. The summed E-state index contributed by atoms with van der Waals surface area (Å²) in [7, 11) is -3.50. The van der Waals surface area contributed by atoms with E-state index in [2.05, 4.69) is 5.32 Å². The molecule has 0 radical (unpaired) electrons. The number of rotatable bonds is 12. The molecule has 0 saturated carbocycles. The second kappa shape index (κ2) is 12.7. The van der Waals surface area contributed by atoms with Crippen LogP contribution in [0, 0.1) is 19.8 Å². The highest BCUT2D eigenvalue weighted by atomic mass is 32.2. The fourth-order valence-electron chi connectivity index (χ4n) is 3.76. The van der Waals surface area contributed by atoms with E-state index in [9.17, 15) is 18.0 Å². The van der Waals surface area contributed by atoms with Crippen molar-refractivity contribution in [3.63, 3.8) is 0 Å². The van der Waals surface area contributed by atoms with Crippen molar-refractivity contribution in [3.8, 4) is 0 Å². The number of aryl methyl sites for hydroxylation is 2. The average molecular weight is 502 g/mol. The SMILES string of the molecule is Cc1ccc(N(CCCC(=O)N(Cc2cccc(C)c2)[C@H](C)C(=O)NCC(C)C)S(C)(=O)=O)cc1. The fourth-order valence-corrected chi connectivity index (χ4v) is 4.72. The van der Waals surface area contributed by atoms with Crippen molar-refractivity contribution in [2.24, 2.45) is 5.92 Å². The molecule has 7 nitrogen and oxygen atoms in total. The Hall–Kier alpha value is -2.87. The summed E-state index contributed by atoms with van der Waals surface area (Å²) < 4.78 is 26.1. The number of hydrogen-bond donors (Lipinski definition) is 1. The van der Waals surface area contributed by atoms with Crippen LogP contribution in [0.1, 0.15) is 50.3 Å². The lowest BCUT2D eigenvalue weighted by Gasteiger charge is -2.30. The van der Waals surface area contributed by atoms with Crippen LogP contribution in [0.2, 0.25) is 0 Å². The first-order valence-electron chi connectivity index (χ1n) is 12.1. The van der Waals surface area contributed by atoms with E-state index in [0.29, 0.717) is 31.1 Å². The third-order valence-corrected chi connectivity index (χ3v) is 6.96. The molecule has 0 spiro atoms. The lowest BCUT2D eigenvalue weighted by atomic mass is 10.1. The van der Waals surface area contributed by atoms with E-state index in [1.807, 2.05) is 64.1 Å². The summed E-state index contributed by atoms with van der Waals surface area (Å²) in [5.41, 5.74) is 3.63. The van der Waals surface area contributed by atoms with Crippen LogP contribution in [-0.2, 0) is 26.2 Å². The molecule has 0 aromatic heterocycles. The van der Waals surface area contributed by atoms with E-state index in [4.69, 9.17) is 0 Å². The third kappa shape index (κ3) is 9.02. The zero-order valence-corrected chi connectivity index (χ0v) is 22.6. The minimum Gasteiger partial charge on any atom is -0.354 e. The average Bonchev–Trinajstić information content (AvgIpc) is 2.78. The molecule has 0 aliphatic heterocycles. The van der Waals surface area contributed by atoms with Crippen molar-refractivity contribution in [3.05, 3.63) is 65.2 Å². The summed E-state index contributed by atoms with van der Waals surface area (Å²) in [5.74, 6) is -0.0796. The number of anilines is 1. The second-order valence-corrected chi connectivity index (χ2v) is 11.5. The van der Waals surface area contributed by atoms with Crippen molar-refractivity contribution >= 4 is 27.5 Å². The Bertz CT molecular complexity index is 1100. The summed E-state index contributed by atoms with van der Waals surface area (Å²) >= 11 is 0. The van der Waals surface area contributed by atoms with Crippen LogP contribution in [0.3, 0.4) is 0 Å². The number of carbonyl (C=O) groups is 2. The van der Waals surface area contributed by atoms with Crippen molar-refractivity contribution in [2.75, 3.05) is 23.7 Å². The van der Waals surface area contributed by atoms with Gasteiger partial charge in [-0.2, -0.15) is 0 Å². The van der Waals surface area contributed by atoms with Crippen molar-refractivity contribution in [1.82, 2.24) is 10.2 Å². The van der Waals surface area contributed by atoms with Gasteiger partial charge in [0.15, 0.2) is 0 Å². The standard InChI is InChI=1S/C27H39N3O4S/c1-20(2)18-28-27(32)23(5)29(19-24-10-7-9-22(4)17-24)26(31)11-8-16-30(35(6,33)34)25-14-12-21(3)13-15-25/h7,9-10,12-15,17,20,23H,8,11,16,18-19H2,1-6H3,(H,28,32)/t23-/m1/s1. The fraction of sp³-hybridized carbons (Fsp3) is 0.481. The minimum atomic E-state index is -3.50. The summed E-state index contributed by atoms with van der Waals surface area (Å²) in [4.78, 5) is 27.7. The largest absolute Gasteiger partial charge is 0.354 e. The topological polar surface area (TPSA) is 86.8 Å². The lowest BCUT2D eigenvalue weighted by molar-refractivity contribution is -0.140. The lowest BCUT2D eigenvalue weighted by Crippen LogP contribution is -2.48. The summed E-state index contributed by atoms with van der Waals surface area (Å²) in [5, 5.41) is 2.91. The third-order valence-electron chi connectivity index (χ3n) is 5.76. The molecule has 35 heavy (non-hydrogen) atoms. The molecule has 2 amide bonds. The van der Waals surface area contributed by atoms with Gasteiger partial charge in [-0.05, 0) is 50.8 Å². The van der Waals surface area contributed by atoms with Crippen LogP contribution >= 0.6 is 0 Å². The first-order valence-corrected chi connectivity index (χ1v) is 13.9. The molecule has 1 N–H and O–H groups in total. The summed E-state index contributed by atoms with van der Waals surface area (Å²) in [6.07, 6.45) is 1.63. The molecular weight excluding hydrogens is 462 g/mol. The van der Waals surface area contributed by atoms with Crippen molar-refractivity contribution in [2.45, 2.75) is 60.0 Å². The molecular formula is C27H39N3O4S. The van der Waals surface area contributed by atoms with E-state index in [1.165, 1.54) is 10.6 Å². The van der Waals surface area contributed by atoms with E-state index in [0.717, 1.165) is 16.7 Å². The molecule has 8 heteroatoms. The second-order valence-electron chi connectivity index (χ2n) is 9.60. The van der Waals surface area contributed by atoms with E-state index in [-0.39, 0.29) is 24.8 Å². The van der Waals surface area contributed by atoms with Crippen molar-refractivity contribution in [1.29, 1.82) is 0 Å². The Kier molecular flexibility index (Phi) is 10.3. The maximum Gasteiger partial charge on any atom is 0.242 e. The van der Waals surface area contributed by atoms with Gasteiger partial charge >= 0.3 is 0 Å². The van der Waals surface area contributed by atoms with E-state index < -0.39 is 16.1 Å². The molecule has 2 rings (SSSR count). The smallest absolute Gasteiger partial charge is 0.242 e. The van der Waals surface area contributed by atoms with Crippen LogP contribution in [0.5, 0.6) is 0 Å². The number of carbonyl (C=O) groups excluding carboxylic acids is 2. The highest BCUT2D eigenvalue weighted by Gasteiger charge is 2.26. The Morgan fingerprint density at radius 2 is 1.63 bits per heavy atom. The first kappa shape index (κ1) is 28.4. The number of sulfonamides is 1. The normalized spacial score (nSPS) is 12.3. The number of hydrogen-bond acceptors (Lipinski definition) is 4. The molecule has 2 aromatic carbocycles. The predicted molar refractivity (Wildman–Crippen MR) is 142 cm³/mol. The molecule has 0 fully saturated rings. The summed E-state index contributed by atoms with van der Waals surface area (Å²) in [6, 6.07) is 14.5. The Balaban J connectivity index is 2.15. The van der Waals surface area contributed by atoms with Crippen LogP contribution in [0.15, 0.2) is 48.5 Å². The van der Waals surface area contributed by atoms with Crippen molar-refractivity contribution < 1.29 is 18.0 Å². The molecule has 1 atom stereocenters. The maximum absolute atomic E-state index is 13.3. The highest BCUT2D eigenvalue weighted by Crippen LogP contribution is 2.20. The molecule has 0 unspecified atom stereocenters. The summed E-state index contributed by atoms with van der Waals surface area (Å²) in [6.45, 7) is 10.7. The molecule has 192 valence electrons. The monoisotopic (exact) mass is 501 g/mol. The van der Waals surface area contributed by atoms with Gasteiger partial charge in [0.2, 0.25) is 21.8 Å². The van der Waals surface area contributed by atoms with E-state index >= 15 is 0 Å². The van der Waals surface area contributed by atoms with Crippen LogP contribution in [-0.4, -0.2) is 50.5 Å². The zero-order chi connectivity index (χ0) is 26.2.